The number of amides is 2. The van der Waals surface area contributed by atoms with Crippen LogP contribution in [-0.4, -0.2) is 27.3 Å². The van der Waals surface area contributed by atoms with Gasteiger partial charge in [-0.25, -0.2) is 5.43 Å². The Balaban J connectivity index is 2.01. The summed E-state index contributed by atoms with van der Waals surface area (Å²) in [7, 11) is 1.76. The predicted molar refractivity (Wildman–Crippen MR) is 56.6 cm³/mol. The lowest BCUT2D eigenvalue weighted by Gasteiger charge is -2.10. The molecule has 7 heteroatoms. The van der Waals surface area contributed by atoms with Crippen molar-refractivity contribution in [2.75, 3.05) is 5.32 Å². The minimum absolute atomic E-state index is 0.172. The number of hydrogen-bond acceptors (Lipinski definition) is 4. The number of carbonyl (C=O) groups is 2. The van der Waals surface area contributed by atoms with Gasteiger partial charge in [-0.3, -0.25) is 14.3 Å². The molecule has 1 aliphatic rings. The van der Waals surface area contributed by atoms with E-state index in [1.807, 2.05) is 0 Å². The molecular formula is C9H11N5O2. The number of rotatable bonds is 2. The summed E-state index contributed by atoms with van der Waals surface area (Å²) < 4.78 is 1.58. The van der Waals surface area contributed by atoms with Gasteiger partial charge in [0.15, 0.2) is 5.82 Å². The number of nitrogens with zero attached hydrogens (tertiary/aromatic N) is 3. The lowest BCUT2D eigenvalue weighted by atomic mass is 10.1. The molecule has 0 aromatic carbocycles. The van der Waals surface area contributed by atoms with Gasteiger partial charge in [0.25, 0.3) is 5.91 Å². The van der Waals surface area contributed by atoms with Crippen LogP contribution in [0, 0.1) is 0 Å². The third kappa shape index (κ3) is 2.25. The molecule has 0 fully saturated rings. The lowest BCUT2D eigenvalue weighted by molar-refractivity contribution is -0.121. The summed E-state index contributed by atoms with van der Waals surface area (Å²) in [5.74, 6) is -0.0415. The maximum absolute atomic E-state index is 11.6. The molecule has 2 rings (SSSR count). The van der Waals surface area contributed by atoms with Crippen molar-refractivity contribution in [2.45, 2.75) is 12.8 Å². The van der Waals surface area contributed by atoms with Gasteiger partial charge in [-0.2, -0.15) is 10.2 Å². The van der Waals surface area contributed by atoms with E-state index in [2.05, 4.69) is 20.9 Å². The molecule has 2 N–H and O–H groups in total. The van der Waals surface area contributed by atoms with Crippen LogP contribution in [0.15, 0.2) is 17.4 Å². The highest BCUT2D eigenvalue weighted by Gasteiger charge is 2.18. The zero-order chi connectivity index (χ0) is 11.5. The molecule has 0 unspecified atom stereocenters. The fourth-order valence-corrected chi connectivity index (χ4v) is 1.31. The Morgan fingerprint density at radius 3 is 2.94 bits per heavy atom. The average Bonchev–Trinajstić information content (AvgIpc) is 2.65. The first-order valence-electron chi connectivity index (χ1n) is 4.81. The number of nitrogens with one attached hydrogen (secondary N) is 2. The Morgan fingerprint density at radius 2 is 2.38 bits per heavy atom. The topological polar surface area (TPSA) is 88.4 Å². The number of aromatic nitrogens is 2. The van der Waals surface area contributed by atoms with Crippen molar-refractivity contribution in [3.63, 3.8) is 0 Å². The number of hydrogen-bond donors (Lipinski definition) is 2. The Morgan fingerprint density at radius 1 is 1.56 bits per heavy atom. The van der Waals surface area contributed by atoms with Crippen molar-refractivity contribution in [3.8, 4) is 0 Å². The summed E-state index contributed by atoms with van der Waals surface area (Å²) in [4.78, 5) is 22.5. The van der Waals surface area contributed by atoms with E-state index in [0.717, 1.165) is 0 Å². The van der Waals surface area contributed by atoms with E-state index in [0.29, 0.717) is 18.0 Å². The van der Waals surface area contributed by atoms with Crippen molar-refractivity contribution in [2.24, 2.45) is 12.1 Å². The molecule has 2 amide bonds. The summed E-state index contributed by atoms with van der Waals surface area (Å²) in [6.45, 7) is 0. The third-order valence-electron chi connectivity index (χ3n) is 2.12. The van der Waals surface area contributed by atoms with Crippen LogP contribution in [0.1, 0.15) is 12.8 Å². The van der Waals surface area contributed by atoms with Gasteiger partial charge in [-0.1, -0.05) is 0 Å². The van der Waals surface area contributed by atoms with Crippen LogP contribution in [0.3, 0.4) is 0 Å². The standard InChI is InChI=1S/C9H11N5O2/c1-14-5-4-7(13-14)10-9(16)6-2-3-8(15)12-11-6/h4-5H,2-3H2,1H3,(H,12,15)(H,10,13,16). The maximum atomic E-state index is 11.6. The molecule has 16 heavy (non-hydrogen) atoms. The fraction of sp³-hybridized carbons (Fsp3) is 0.333. The molecule has 0 bridgehead atoms. The maximum Gasteiger partial charge on any atom is 0.273 e. The second-order valence-corrected chi connectivity index (χ2v) is 3.42. The largest absolute Gasteiger partial charge is 0.304 e. The van der Waals surface area contributed by atoms with Crippen molar-refractivity contribution >= 4 is 23.3 Å². The molecule has 0 radical (unpaired) electrons. The molecule has 0 spiro atoms. The SMILES string of the molecule is Cn1ccc(NC(=O)C2=NNC(=O)CC2)n1. The molecule has 84 valence electrons. The van der Waals surface area contributed by atoms with E-state index in [-0.39, 0.29) is 18.2 Å². The molecule has 0 saturated heterocycles. The Kier molecular flexibility index (Phi) is 2.67. The molecule has 0 aliphatic carbocycles. The van der Waals surface area contributed by atoms with Crippen LogP contribution in [0.5, 0.6) is 0 Å². The van der Waals surface area contributed by atoms with Gasteiger partial charge in [0.05, 0.1) is 0 Å². The van der Waals surface area contributed by atoms with Gasteiger partial charge in [0.1, 0.15) is 5.71 Å². The number of anilines is 1. The first-order valence-corrected chi connectivity index (χ1v) is 4.81. The zero-order valence-corrected chi connectivity index (χ0v) is 8.73. The highest BCUT2D eigenvalue weighted by Crippen LogP contribution is 2.04. The van der Waals surface area contributed by atoms with Gasteiger partial charge in [-0.15, -0.1) is 0 Å². The molecule has 1 aromatic heterocycles. The molecule has 0 atom stereocenters. The molecule has 1 aliphatic heterocycles. The van der Waals surface area contributed by atoms with E-state index in [4.69, 9.17) is 0 Å². The van der Waals surface area contributed by atoms with Crippen LogP contribution in [-0.2, 0) is 16.6 Å². The Bertz CT molecular complexity index is 462. The quantitative estimate of drug-likeness (QED) is 0.713. The van der Waals surface area contributed by atoms with Crippen molar-refractivity contribution in [3.05, 3.63) is 12.3 Å². The Hall–Kier alpha value is -2.18. The fourth-order valence-electron chi connectivity index (χ4n) is 1.31. The number of carbonyl (C=O) groups excluding carboxylic acids is 2. The average molecular weight is 221 g/mol. The molecule has 0 saturated carbocycles. The molecule has 7 nitrogen and oxygen atoms in total. The van der Waals surface area contributed by atoms with Crippen LogP contribution in [0.25, 0.3) is 0 Å². The van der Waals surface area contributed by atoms with Crippen LogP contribution in [0.4, 0.5) is 5.82 Å². The van der Waals surface area contributed by atoms with Crippen LogP contribution >= 0.6 is 0 Å². The van der Waals surface area contributed by atoms with E-state index in [9.17, 15) is 9.59 Å². The minimum atomic E-state index is -0.335. The Labute approximate surface area is 91.5 Å². The highest BCUT2D eigenvalue weighted by atomic mass is 16.2. The van der Waals surface area contributed by atoms with Crippen molar-refractivity contribution in [1.82, 2.24) is 15.2 Å². The normalized spacial score (nSPS) is 15.3. The van der Waals surface area contributed by atoms with Crippen molar-refractivity contribution < 1.29 is 9.59 Å². The number of aryl methyl sites for hydroxylation is 1. The monoisotopic (exact) mass is 221 g/mol. The molecule has 1 aromatic rings. The van der Waals surface area contributed by atoms with Crippen LogP contribution in [0.2, 0.25) is 0 Å². The predicted octanol–water partition coefficient (Wildman–Crippen LogP) is -0.375. The van der Waals surface area contributed by atoms with E-state index in [1.54, 1.807) is 24.0 Å². The van der Waals surface area contributed by atoms with Gasteiger partial charge in [0, 0.05) is 32.2 Å². The second-order valence-electron chi connectivity index (χ2n) is 3.42. The van der Waals surface area contributed by atoms with Gasteiger partial charge < -0.3 is 5.32 Å². The zero-order valence-electron chi connectivity index (χ0n) is 8.73. The summed E-state index contributed by atoms with van der Waals surface area (Å²) in [6, 6.07) is 1.68. The van der Waals surface area contributed by atoms with Gasteiger partial charge >= 0.3 is 0 Å². The van der Waals surface area contributed by atoms with Gasteiger partial charge in [0.2, 0.25) is 5.91 Å². The summed E-state index contributed by atoms with van der Waals surface area (Å²) in [5.41, 5.74) is 2.58. The van der Waals surface area contributed by atoms with Crippen molar-refractivity contribution in [1.29, 1.82) is 0 Å². The molecular weight excluding hydrogens is 210 g/mol. The van der Waals surface area contributed by atoms with Crippen LogP contribution < -0.4 is 10.7 Å². The number of hydrazone groups is 1. The second kappa shape index (κ2) is 4.13. The summed E-state index contributed by atoms with van der Waals surface area (Å²) in [5, 5.41) is 10.3. The van der Waals surface area contributed by atoms with E-state index < -0.39 is 0 Å². The summed E-state index contributed by atoms with van der Waals surface area (Å²) >= 11 is 0. The lowest BCUT2D eigenvalue weighted by Crippen LogP contribution is -2.32. The first-order chi connectivity index (χ1) is 7.65. The smallest absolute Gasteiger partial charge is 0.273 e. The minimum Gasteiger partial charge on any atom is -0.304 e. The molecule has 2 heterocycles. The third-order valence-corrected chi connectivity index (χ3v) is 2.12. The van der Waals surface area contributed by atoms with Gasteiger partial charge in [-0.05, 0) is 0 Å². The highest BCUT2D eigenvalue weighted by molar-refractivity contribution is 6.43. The van der Waals surface area contributed by atoms with E-state index >= 15 is 0 Å². The van der Waals surface area contributed by atoms with E-state index in [1.165, 1.54) is 0 Å². The first kappa shape index (κ1) is 10.3. The summed E-state index contributed by atoms with van der Waals surface area (Å²) in [6.07, 6.45) is 2.36.